The minimum Gasteiger partial charge on any atom is -0.484 e. The number of rotatable bonds is 8. The Hall–Kier alpha value is -3.83. The van der Waals surface area contributed by atoms with E-state index in [0.717, 1.165) is 5.56 Å². The Bertz CT molecular complexity index is 1150. The van der Waals surface area contributed by atoms with Crippen molar-refractivity contribution in [3.63, 3.8) is 0 Å². The van der Waals surface area contributed by atoms with Crippen molar-refractivity contribution in [1.29, 1.82) is 5.26 Å². The van der Waals surface area contributed by atoms with Crippen molar-refractivity contribution in [3.05, 3.63) is 84.4 Å². The van der Waals surface area contributed by atoms with E-state index in [2.05, 4.69) is 16.1 Å². The summed E-state index contributed by atoms with van der Waals surface area (Å²) < 4.78 is 33.1. The van der Waals surface area contributed by atoms with Crippen LogP contribution in [0.25, 0.3) is 0 Å². The molecule has 0 aliphatic rings. The lowest BCUT2D eigenvalue weighted by Crippen LogP contribution is -2.21. The van der Waals surface area contributed by atoms with Crippen LogP contribution in [0.1, 0.15) is 5.56 Å². The van der Waals surface area contributed by atoms with E-state index in [4.69, 9.17) is 10.00 Å². The summed E-state index contributed by atoms with van der Waals surface area (Å²) in [5.41, 5.74) is 1.42. The fraction of sp³-hybridized carbons (Fsp3) is 0.0909. The Kier molecular flexibility index (Phi) is 6.67. The predicted octanol–water partition coefficient (Wildman–Crippen LogP) is 3.57. The first-order valence-corrected chi connectivity index (χ1v) is 10.5. The maximum atomic E-state index is 12.6. The summed E-state index contributed by atoms with van der Waals surface area (Å²) in [6.45, 7) is -0.253. The molecule has 0 bridgehead atoms. The van der Waals surface area contributed by atoms with Crippen molar-refractivity contribution >= 4 is 27.3 Å². The van der Waals surface area contributed by atoms with E-state index < -0.39 is 15.9 Å². The first kappa shape index (κ1) is 20.9. The Morgan fingerprint density at radius 1 is 0.900 bits per heavy atom. The van der Waals surface area contributed by atoms with Gasteiger partial charge in [-0.1, -0.05) is 42.5 Å². The number of nitriles is 1. The van der Waals surface area contributed by atoms with Gasteiger partial charge in [0.25, 0.3) is 15.9 Å². The number of nitrogens with zero attached hydrogens (tertiary/aromatic N) is 1. The molecule has 1 amide bonds. The normalized spacial score (nSPS) is 10.6. The maximum absolute atomic E-state index is 12.6. The van der Waals surface area contributed by atoms with E-state index in [1.54, 1.807) is 66.7 Å². The predicted molar refractivity (Wildman–Crippen MR) is 114 cm³/mol. The molecule has 3 aromatic carbocycles. The summed E-state index contributed by atoms with van der Waals surface area (Å²) in [6, 6.07) is 23.4. The second-order valence-corrected chi connectivity index (χ2v) is 7.96. The smallest absolute Gasteiger partial charge is 0.262 e. The van der Waals surface area contributed by atoms with Crippen LogP contribution in [-0.4, -0.2) is 20.9 Å². The molecule has 0 fully saturated rings. The van der Waals surface area contributed by atoms with Crippen LogP contribution in [-0.2, 0) is 21.2 Å². The Morgan fingerprint density at radius 2 is 1.53 bits per heavy atom. The van der Waals surface area contributed by atoms with Crippen LogP contribution in [0.5, 0.6) is 5.75 Å². The highest BCUT2D eigenvalue weighted by Gasteiger charge is 2.16. The Morgan fingerprint density at radius 3 is 2.20 bits per heavy atom. The molecular formula is C22H19N3O4S. The number of ether oxygens (including phenoxy) is 1. The molecular weight excluding hydrogens is 402 g/mol. The van der Waals surface area contributed by atoms with E-state index in [1.165, 1.54) is 12.1 Å². The Labute approximate surface area is 175 Å². The molecule has 0 atom stereocenters. The van der Waals surface area contributed by atoms with E-state index in [9.17, 15) is 13.2 Å². The number of hydrogen-bond donors (Lipinski definition) is 2. The van der Waals surface area contributed by atoms with Crippen LogP contribution in [0.3, 0.4) is 0 Å². The van der Waals surface area contributed by atoms with Crippen LogP contribution in [0.2, 0.25) is 0 Å². The average molecular weight is 421 g/mol. The number of hydrogen-bond acceptors (Lipinski definition) is 5. The molecule has 0 aliphatic heterocycles. The zero-order valence-electron chi connectivity index (χ0n) is 15.9. The highest BCUT2D eigenvalue weighted by atomic mass is 32.2. The van der Waals surface area contributed by atoms with Gasteiger partial charge in [0.15, 0.2) is 6.61 Å². The van der Waals surface area contributed by atoms with Gasteiger partial charge in [-0.25, -0.2) is 8.42 Å². The van der Waals surface area contributed by atoms with Crippen LogP contribution in [0.15, 0.2) is 83.8 Å². The number of amides is 1. The van der Waals surface area contributed by atoms with Crippen molar-refractivity contribution in [2.45, 2.75) is 11.3 Å². The third kappa shape index (κ3) is 5.59. The van der Waals surface area contributed by atoms with Crippen molar-refractivity contribution in [2.24, 2.45) is 0 Å². The van der Waals surface area contributed by atoms with Gasteiger partial charge in [-0.3, -0.25) is 9.52 Å². The average Bonchev–Trinajstić information content (AvgIpc) is 2.75. The maximum Gasteiger partial charge on any atom is 0.262 e. The third-order valence-corrected chi connectivity index (χ3v) is 5.46. The van der Waals surface area contributed by atoms with Crippen molar-refractivity contribution in [2.75, 3.05) is 16.6 Å². The zero-order valence-corrected chi connectivity index (χ0v) is 16.7. The number of anilines is 2. The van der Waals surface area contributed by atoms with Crippen molar-refractivity contribution in [3.8, 4) is 11.8 Å². The van der Waals surface area contributed by atoms with Gasteiger partial charge in [-0.15, -0.1) is 0 Å². The fourth-order valence-electron chi connectivity index (χ4n) is 2.61. The van der Waals surface area contributed by atoms with Crippen LogP contribution in [0, 0.1) is 11.3 Å². The molecule has 2 N–H and O–H groups in total. The molecule has 0 heterocycles. The molecule has 152 valence electrons. The number of carbonyl (C=O) groups excluding carboxylic acids is 1. The number of para-hydroxylation sites is 2. The summed E-state index contributed by atoms with van der Waals surface area (Å²) in [7, 11) is -3.79. The SMILES string of the molecule is N#CCc1ccc(OCC(=O)Nc2ccccc2NS(=O)(=O)c2ccccc2)cc1. The van der Waals surface area contributed by atoms with Gasteiger partial charge in [0, 0.05) is 0 Å². The molecule has 30 heavy (non-hydrogen) atoms. The first-order valence-electron chi connectivity index (χ1n) is 9.03. The van der Waals surface area contributed by atoms with E-state index >= 15 is 0 Å². The van der Waals surface area contributed by atoms with Crippen molar-refractivity contribution < 1.29 is 17.9 Å². The molecule has 0 aliphatic carbocycles. The number of carbonyl (C=O) groups is 1. The molecule has 7 nitrogen and oxygen atoms in total. The van der Waals surface area contributed by atoms with Gasteiger partial charge in [0.1, 0.15) is 5.75 Å². The topological polar surface area (TPSA) is 108 Å². The molecule has 0 spiro atoms. The number of benzene rings is 3. The summed E-state index contributed by atoms with van der Waals surface area (Å²) in [5.74, 6) is 0.0485. The molecule has 3 aromatic rings. The van der Waals surface area contributed by atoms with E-state index in [-0.39, 0.29) is 17.2 Å². The lowest BCUT2D eigenvalue weighted by atomic mass is 10.2. The highest BCUT2D eigenvalue weighted by molar-refractivity contribution is 7.92. The molecule has 0 saturated carbocycles. The van der Waals surface area contributed by atoms with Gasteiger partial charge >= 0.3 is 0 Å². The summed E-state index contributed by atoms with van der Waals surface area (Å²) in [5, 5.41) is 11.3. The highest BCUT2D eigenvalue weighted by Crippen LogP contribution is 2.24. The molecule has 0 saturated heterocycles. The number of nitrogens with one attached hydrogen (secondary N) is 2. The standard InChI is InChI=1S/C22H19N3O4S/c23-15-14-17-10-12-18(13-11-17)29-16-22(26)24-20-8-4-5-9-21(20)25-30(27,28)19-6-2-1-3-7-19/h1-13,25H,14,16H2,(H,24,26). The van der Waals surface area contributed by atoms with Crippen molar-refractivity contribution in [1.82, 2.24) is 0 Å². The summed E-state index contributed by atoms with van der Waals surface area (Å²) >= 11 is 0. The Balaban J connectivity index is 1.64. The second-order valence-electron chi connectivity index (χ2n) is 6.28. The van der Waals surface area contributed by atoms with E-state index in [1.807, 2.05) is 0 Å². The fourth-order valence-corrected chi connectivity index (χ4v) is 3.72. The van der Waals surface area contributed by atoms with Gasteiger partial charge in [-0.2, -0.15) is 5.26 Å². The summed E-state index contributed by atoms with van der Waals surface area (Å²) in [4.78, 5) is 12.4. The first-order chi connectivity index (χ1) is 14.5. The molecule has 0 radical (unpaired) electrons. The molecule has 0 aromatic heterocycles. The summed E-state index contributed by atoms with van der Waals surface area (Å²) in [6.07, 6.45) is 0.302. The largest absolute Gasteiger partial charge is 0.484 e. The monoisotopic (exact) mass is 421 g/mol. The van der Waals surface area contributed by atoms with Gasteiger partial charge < -0.3 is 10.1 Å². The van der Waals surface area contributed by atoms with Gasteiger partial charge in [0.2, 0.25) is 0 Å². The van der Waals surface area contributed by atoms with Gasteiger partial charge in [0.05, 0.1) is 28.8 Å². The second kappa shape index (κ2) is 9.58. The van der Waals surface area contributed by atoms with Crippen LogP contribution in [0.4, 0.5) is 11.4 Å². The quantitative estimate of drug-likeness (QED) is 0.578. The minimum absolute atomic E-state index is 0.120. The van der Waals surface area contributed by atoms with Crippen LogP contribution < -0.4 is 14.8 Å². The zero-order chi connectivity index (χ0) is 21.4. The van der Waals surface area contributed by atoms with Gasteiger partial charge in [-0.05, 0) is 42.0 Å². The lowest BCUT2D eigenvalue weighted by molar-refractivity contribution is -0.118. The molecule has 3 rings (SSSR count). The third-order valence-electron chi connectivity index (χ3n) is 4.08. The van der Waals surface area contributed by atoms with E-state index in [0.29, 0.717) is 17.9 Å². The van der Waals surface area contributed by atoms with Crippen LogP contribution >= 0.6 is 0 Å². The lowest BCUT2D eigenvalue weighted by Gasteiger charge is -2.14. The molecule has 0 unspecified atom stereocenters. The minimum atomic E-state index is -3.79. The number of sulfonamides is 1. The molecule has 8 heteroatoms.